The van der Waals surface area contributed by atoms with Crippen LogP contribution in [0.5, 0.6) is 11.5 Å². The minimum absolute atomic E-state index is 0.0822. The van der Waals surface area contributed by atoms with Gasteiger partial charge in [0.25, 0.3) is 0 Å². The molecule has 0 saturated carbocycles. The molecule has 2 N–H and O–H groups in total. The SMILES string of the molecule is COc1ccc(Nc2nc(COC(=O)Cc3coc4cc(O)ccc34)cs2)cc1. The summed E-state index contributed by atoms with van der Waals surface area (Å²) in [6.07, 6.45) is 1.59. The number of ether oxygens (including phenoxy) is 2. The van der Waals surface area contributed by atoms with Crippen molar-refractivity contribution in [2.45, 2.75) is 13.0 Å². The van der Waals surface area contributed by atoms with Crippen LogP contribution in [0, 0.1) is 0 Å². The molecular formula is C21H18N2O5S. The Morgan fingerprint density at radius 2 is 2.07 bits per heavy atom. The summed E-state index contributed by atoms with van der Waals surface area (Å²) in [4.78, 5) is 16.6. The van der Waals surface area contributed by atoms with Gasteiger partial charge in [-0.05, 0) is 36.4 Å². The van der Waals surface area contributed by atoms with Gasteiger partial charge in [0.1, 0.15) is 23.7 Å². The van der Waals surface area contributed by atoms with E-state index in [9.17, 15) is 9.90 Å². The molecule has 0 unspecified atom stereocenters. The molecule has 0 aliphatic carbocycles. The molecule has 0 amide bonds. The van der Waals surface area contributed by atoms with Gasteiger partial charge in [-0.2, -0.15) is 0 Å². The number of hydrogen-bond donors (Lipinski definition) is 2. The number of phenols is 1. The first-order valence-electron chi connectivity index (χ1n) is 8.81. The first kappa shape index (κ1) is 18.8. The number of aromatic hydroxyl groups is 1. The van der Waals surface area contributed by atoms with Crippen LogP contribution in [0.4, 0.5) is 10.8 Å². The largest absolute Gasteiger partial charge is 0.508 e. The van der Waals surface area contributed by atoms with Crippen molar-refractivity contribution in [3.05, 3.63) is 65.4 Å². The van der Waals surface area contributed by atoms with Crippen molar-refractivity contribution in [3.63, 3.8) is 0 Å². The lowest BCUT2D eigenvalue weighted by molar-refractivity contribution is -0.144. The van der Waals surface area contributed by atoms with E-state index in [1.807, 2.05) is 29.6 Å². The Labute approximate surface area is 170 Å². The summed E-state index contributed by atoms with van der Waals surface area (Å²) in [5.74, 6) is 0.520. The number of nitrogens with one attached hydrogen (secondary N) is 1. The Hall–Kier alpha value is -3.52. The monoisotopic (exact) mass is 410 g/mol. The van der Waals surface area contributed by atoms with Gasteiger partial charge in [-0.1, -0.05) is 0 Å². The highest BCUT2D eigenvalue weighted by Gasteiger charge is 2.13. The zero-order chi connectivity index (χ0) is 20.2. The summed E-state index contributed by atoms with van der Waals surface area (Å²) in [6.45, 7) is 0.0935. The number of rotatable bonds is 7. The van der Waals surface area contributed by atoms with E-state index in [0.717, 1.165) is 16.8 Å². The predicted molar refractivity (Wildman–Crippen MR) is 110 cm³/mol. The van der Waals surface area contributed by atoms with Crippen molar-refractivity contribution in [2.24, 2.45) is 0 Å². The third-order valence-electron chi connectivity index (χ3n) is 4.25. The average molecular weight is 410 g/mol. The summed E-state index contributed by atoms with van der Waals surface area (Å²) in [5, 5.41) is 16.0. The first-order valence-corrected chi connectivity index (χ1v) is 9.69. The van der Waals surface area contributed by atoms with E-state index >= 15 is 0 Å². The van der Waals surface area contributed by atoms with Gasteiger partial charge in [-0.25, -0.2) is 4.98 Å². The molecule has 29 heavy (non-hydrogen) atoms. The van der Waals surface area contributed by atoms with Crippen LogP contribution in [0.15, 0.2) is 58.5 Å². The lowest BCUT2D eigenvalue weighted by Gasteiger charge is -2.04. The molecule has 148 valence electrons. The average Bonchev–Trinajstić information content (AvgIpc) is 3.33. The number of anilines is 2. The second kappa shape index (κ2) is 8.24. The number of aromatic nitrogens is 1. The summed E-state index contributed by atoms with van der Waals surface area (Å²) in [7, 11) is 1.62. The van der Waals surface area contributed by atoms with Gasteiger partial charge in [0.2, 0.25) is 0 Å². The van der Waals surface area contributed by atoms with Crippen molar-refractivity contribution < 1.29 is 23.8 Å². The predicted octanol–water partition coefficient (Wildman–Crippen LogP) is 4.63. The van der Waals surface area contributed by atoms with Gasteiger partial charge in [-0.3, -0.25) is 4.79 Å². The molecule has 0 aliphatic heterocycles. The van der Waals surface area contributed by atoms with E-state index in [1.54, 1.807) is 19.2 Å². The molecule has 8 heteroatoms. The third-order valence-corrected chi connectivity index (χ3v) is 5.05. The van der Waals surface area contributed by atoms with E-state index in [2.05, 4.69) is 10.3 Å². The van der Waals surface area contributed by atoms with Crippen molar-refractivity contribution >= 4 is 39.1 Å². The van der Waals surface area contributed by atoms with Gasteiger partial charge < -0.3 is 24.3 Å². The van der Waals surface area contributed by atoms with Gasteiger partial charge >= 0.3 is 5.97 Å². The number of carbonyl (C=O) groups excluding carboxylic acids is 1. The van der Waals surface area contributed by atoms with E-state index in [0.29, 0.717) is 22.0 Å². The van der Waals surface area contributed by atoms with Crippen LogP contribution < -0.4 is 10.1 Å². The van der Waals surface area contributed by atoms with Crippen LogP contribution in [0.3, 0.4) is 0 Å². The fourth-order valence-corrected chi connectivity index (χ4v) is 3.51. The second-order valence-corrected chi connectivity index (χ2v) is 7.13. The van der Waals surface area contributed by atoms with Crippen LogP contribution in [-0.2, 0) is 22.6 Å². The van der Waals surface area contributed by atoms with Crippen molar-refractivity contribution in [1.29, 1.82) is 0 Å². The van der Waals surface area contributed by atoms with Crippen molar-refractivity contribution in [2.75, 3.05) is 12.4 Å². The molecule has 2 aromatic heterocycles. The number of fused-ring (bicyclic) bond motifs is 1. The van der Waals surface area contributed by atoms with Crippen LogP contribution in [0.25, 0.3) is 11.0 Å². The first-order chi connectivity index (χ1) is 14.1. The van der Waals surface area contributed by atoms with E-state index in [4.69, 9.17) is 13.9 Å². The molecule has 0 aliphatic rings. The number of esters is 1. The summed E-state index contributed by atoms with van der Waals surface area (Å²) < 4.78 is 15.8. The lowest BCUT2D eigenvalue weighted by Crippen LogP contribution is -2.08. The number of furan rings is 1. The summed E-state index contributed by atoms with van der Waals surface area (Å²) in [6, 6.07) is 12.3. The standard InChI is InChI=1S/C21H18N2O5S/c1-26-17-5-2-14(3-6-17)22-21-23-15(12-29-21)11-28-20(25)8-13-10-27-19-9-16(24)4-7-18(13)19/h2-7,9-10,12,24H,8,11H2,1H3,(H,22,23). The molecule has 2 aromatic carbocycles. The molecule has 7 nitrogen and oxygen atoms in total. The maximum atomic E-state index is 12.2. The molecular weight excluding hydrogens is 392 g/mol. The minimum Gasteiger partial charge on any atom is -0.508 e. The summed E-state index contributed by atoms with van der Waals surface area (Å²) >= 11 is 1.43. The molecule has 2 heterocycles. The van der Waals surface area contributed by atoms with Crippen LogP contribution >= 0.6 is 11.3 Å². The highest BCUT2D eigenvalue weighted by molar-refractivity contribution is 7.13. The number of benzene rings is 2. The zero-order valence-electron chi connectivity index (χ0n) is 15.5. The number of carbonyl (C=O) groups is 1. The normalized spacial score (nSPS) is 10.8. The Morgan fingerprint density at radius 3 is 2.86 bits per heavy atom. The number of nitrogens with zero attached hydrogens (tertiary/aromatic N) is 1. The fourth-order valence-electron chi connectivity index (χ4n) is 2.80. The Balaban J connectivity index is 1.32. The lowest BCUT2D eigenvalue weighted by atomic mass is 10.1. The van der Waals surface area contributed by atoms with E-state index in [-0.39, 0.29) is 24.7 Å². The zero-order valence-corrected chi connectivity index (χ0v) is 16.4. The molecule has 0 saturated heterocycles. The Bertz CT molecular complexity index is 1130. The van der Waals surface area contributed by atoms with Gasteiger partial charge in [0, 0.05) is 28.1 Å². The number of thiazole rings is 1. The topological polar surface area (TPSA) is 93.8 Å². The summed E-state index contributed by atoms with van der Waals surface area (Å²) in [5.41, 5.74) is 2.80. The minimum atomic E-state index is -0.376. The molecule has 0 radical (unpaired) electrons. The van der Waals surface area contributed by atoms with E-state index < -0.39 is 0 Å². The van der Waals surface area contributed by atoms with Crippen LogP contribution in [0.1, 0.15) is 11.3 Å². The van der Waals surface area contributed by atoms with Gasteiger partial charge in [0.15, 0.2) is 5.13 Å². The quantitative estimate of drug-likeness (QED) is 0.429. The maximum absolute atomic E-state index is 12.2. The molecule has 0 atom stereocenters. The smallest absolute Gasteiger partial charge is 0.310 e. The fraction of sp³-hybridized carbons (Fsp3) is 0.143. The molecule has 0 spiro atoms. The molecule has 0 fully saturated rings. The number of hydrogen-bond acceptors (Lipinski definition) is 8. The van der Waals surface area contributed by atoms with Gasteiger partial charge in [-0.15, -0.1) is 11.3 Å². The Kier molecular flexibility index (Phi) is 5.35. The molecule has 4 rings (SSSR count). The van der Waals surface area contributed by atoms with Crippen molar-refractivity contribution in [3.8, 4) is 11.5 Å². The molecule has 4 aromatic rings. The molecule has 0 bridgehead atoms. The van der Waals surface area contributed by atoms with Crippen molar-refractivity contribution in [1.82, 2.24) is 4.98 Å². The maximum Gasteiger partial charge on any atom is 0.310 e. The highest BCUT2D eigenvalue weighted by atomic mass is 32.1. The van der Waals surface area contributed by atoms with Crippen LogP contribution in [-0.4, -0.2) is 23.2 Å². The number of phenolic OH excluding ortho intramolecular Hbond substituents is 1. The van der Waals surface area contributed by atoms with Crippen LogP contribution in [0.2, 0.25) is 0 Å². The third kappa shape index (κ3) is 4.49. The highest BCUT2D eigenvalue weighted by Crippen LogP contribution is 2.26. The van der Waals surface area contributed by atoms with Gasteiger partial charge in [0.05, 0.1) is 25.5 Å². The Morgan fingerprint density at radius 1 is 1.24 bits per heavy atom. The number of methoxy groups -OCH3 is 1. The van der Waals surface area contributed by atoms with E-state index in [1.165, 1.54) is 23.7 Å². The second-order valence-electron chi connectivity index (χ2n) is 6.28.